The number of likely N-dealkylation sites (tertiary alicyclic amines) is 1. The highest BCUT2D eigenvalue weighted by atomic mass is 35.5. The summed E-state index contributed by atoms with van der Waals surface area (Å²) in [6.45, 7) is 11.7. The molecule has 2 saturated heterocycles. The largest absolute Gasteiger partial charge is 0.381 e. The molecule has 0 amide bonds. The Morgan fingerprint density at radius 1 is 1.18 bits per heavy atom. The summed E-state index contributed by atoms with van der Waals surface area (Å²) in [6, 6.07) is 8.19. The van der Waals surface area contributed by atoms with Gasteiger partial charge in [-0.25, -0.2) is 9.97 Å². The maximum atomic E-state index is 6.65. The average Bonchev–Trinajstić information content (AvgIpc) is 3.28. The van der Waals surface area contributed by atoms with Gasteiger partial charge in [0, 0.05) is 47.4 Å². The van der Waals surface area contributed by atoms with Crippen LogP contribution in [0.5, 0.6) is 0 Å². The fourth-order valence-electron chi connectivity index (χ4n) is 5.28. The van der Waals surface area contributed by atoms with Crippen molar-refractivity contribution < 1.29 is 4.74 Å². The zero-order valence-electron chi connectivity index (χ0n) is 20.5. The third kappa shape index (κ3) is 5.09. The van der Waals surface area contributed by atoms with Gasteiger partial charge in [-0.15, -0.1) is 0 Å². The number of nitrogens with one attached hydrogen (secondary N) is 2. The van der Waals surface area contributed by atoms with Crippen LogP contribution in [-0.2, 0) is 4.74 Å². The van der Waals surface area contributed by atoms with E-state index in [0.29, 0.717) is 16.9 Å². The van der Waals surface area contributed by atoms with Gasteiger partial charge in [0.25, 0.3) is 0 Å². The maximum Gasteiger partial charge on any atom is 0.138 e. The number of hydrogen-bond acceptors (Lipinski definition) is 5. The van der Waals surface area contributed by atoms with Crippen LogP contribution in [0.4, 0.5) is 5.82 Å². The van der Waals surface area contributed by atoms with E-state index in [1.807, 2.05) is 24.4 Å². The van der Waals surface area contributed by atoms with E-state index < -0.39 is 0 Å². The minimum absolute atomic E-state index is 0.228. The first kappa shape index (κ1) is 23.6. The van der Waals surface area contributed by atoms with Gasteiger partial charge in [-0.05, 0) is 89.7 Å². The van der Waals surface area contributed by atoms with Crippen molar-refractivity contribution in [3.63, 3.8) is 0 Å². The zero-order valence-corrected chi connectivity index (χ0v) is 21.3. The highest BCUT2D eigenvalue weighted by Gasteiger charge is 2.28. The van der Waals surface area contributed by atoms with Crippen molar-refractivity contribution in [1.29, 1.82) is 0 Å². The summed E-state index contributed by atoms with van der Waals surface area (Å²) in [5, 5.41) is 5.23. The van der Waals surface area contributed by atoms with E-state index in [0.717, 1.165) is 80.2 Å². The fourth-order valence-corrected chi connectivity index (χ4v) is 5.49. The quantitative estimate of drug-likeness (QED) is 0.461. The molecule has 1 unspecified atom stereocenters. The van der Waals surface area contributed by atoms with Gasteiger partial charge in [0.05, 0.1) is 17.3 Å². The standard InChI is InChI=1S/C27H36ClN5O/c1-27(2,3)33-12-9-19(10-13-33)23-15-21-20(8-11-29-26(21)31-23)25-22(28)6-7-24(32-25)30-16-18-5-4-14-34-17-18/h6-8,11,15,18-19H,4-5,9-10,12-14,16-17H2,1-3H3,(H,29,31)(H,30,32). The Morgan fingerprint density at radius 2 is 2.00 bits per heavy atom. The molecular weight excluding hydrogens is 446 g/mol. The average molecular weight is 482 g/mol. The van der Waals surface area contributed by atoms with E-state index in [2.05, 4.69) is 47.0 Å². The Balaban J connectivity index is 1.37. The van der Waals surface area contributed by atoms with E-state index in [9.17, 15) is 0 Å². The maximum absolute atomic E-state index is 6.65. The van der Waals surface area contributed by atoms with Crippen LogP contribution in [-0.4, -0.2) is 58.2 Å². The minimum Gasteiger partial charge on any atom is -0.381 e. The second-order valence-corrected chi connectivity index (χ2v) is 11.2. The Bertz CT molecular complexity index is 1120. The molecule has 182 valence electrons. The number of pyridine rings is 2. The van der Waals surface area contributed by atoms with Crippen LogP contribution in [0.1, 0.15) is 58.1 Å². The van der Waals surface area contributed by atoms with Crippen molar-refractivity contribution >= 4 is 28.5 Å². The molecule has 0 aromatic carbocycles. The second-order valence-electron chi connectivity index (χ2n) is 10.8. The predicted molar refractivity (Wildman–Crippen MR) is 140 cm³/mol. The van der Waals surface area contributed by atoms with Gasteiger partial charge in [0.1, 0.15) is 11.5 Å². The molecule has 0 aliphatic carbocycles. The van der Waals surface area contributed by atoms with Crippen molar-refractivity contribution in [2.75, 3.05) is 38.2 Å². The van der Waals surface area contributed by atoms with Crippen molar-refractivity contribution in [1.82, 2.24) is 19.9 Å². The number of piperidine rings is 1. The van der Waals surface area contributed by atoms with E-state index in [-0.39, 0.29) is 5.54 Å². The number of aromatic amines is 1. The Morgan fingerprint density at radius 3 is 2.74 bits per heavy atom. The van der Waals surface area contributed by atoms with Crippen LogP contribution in [0.2, 0.25) is 5.02 Å². The summed E-state index contributed by atoms with van der Waals surface area (Å²) in [4.78, 5) is 15.7. The topological polar surface area (TPSA) is 66.1 Å². The van der Waals surface area contributed by atoms with Gasteiger partial charge in [-0.2, -0.15) is 0 Å². The molecule has 6 nitrogen and oxygen atoms in total. The van der Waals surface area contributed by atoms with Gasteiger partial charge < -0.3 is 15.0 Å². The molecule has 2 aliphatic rings. The van der Waals surface area contributed by atoms with Crippen molar-refractivity contribution in [2.45, 2.75) is 57.9 Å². The lowest BCUT2D eigenvalue weighted by molar-refractivity contribution is 0.0595. The van der Waals surface area contributed by atoms with Crippen LogP contribution in [0.25, 0.3) is 22.3 Å². The number of fused-ring (bicyclic) bond motifs is 1. The normalized spacial score (nSPS) is 20.6. The summed E-state index contributed by atoms with van der Waals surface area (Å²) in [5.41, 5.74) is 4.22. The molecule has 1 atom stereocenters. The number of halogens is 1. The lowest BCUT2D eigenvalue weighted by Crippen LogP contribution is -2.45. The predicted octanol–water partition coefficient (Wildman–Crippen LogP) is 6.09. The first-order chi connectivity index (χ1) is 16.4. The summed E-state index contributed by atoms with van der Waals surface area (Å²) in [6.07, 6.45) is 6.48. The van der Waals surface area contributed by atoms with Crippen molar-refractivity contribution in [3.05, 3.63) is 41.2 Å². The van der Waals surface area contributed by atoms with Gasteiger partial charge in [0.15, 0.2) is 0 Å². The molecule has 2 aliphatic heterocycles. The smallest absolute Gasteiger partial charge is 0.138 e. The third-order valence-corrected chi connectivity index (χ3v) is 7.67. The molecule has 0 saturated carbocycles. The van der Waals surface area contributed by atoms with Crippen LogP contribution < -0.4 is 5.32 Å². The lowest BCUT2D eigenvalue weighted by atomic mass is 9.90. The second kappa shape index (κ2) is 9.84. The van der Waals surface area contributed by atoms with Gasteiger partial charge in [-0.1, -0.05) is 11.6 Å². The highest BCUT2D eigenvalue weighted by molar-refractivity contribution is 6.33. The van der Waals surface area contributed by atoms with Gasteiger partial charge >= 0.3 is 0 Å². The molecule has 0 bridgehead atoms. The number of rotatable bonds is 5. The summed E-state index contributed by atoms with van der Waals surface area (Å²) in [7, 11) is 0. The Kier molecular flexibility index (Phi) is 6.83. The van der Waals surface area contributed by atoms with Gasteiger partial charge in [0.2, 0.25) is 0 Å². The number of H-pyrrole nitrogens is 1. The molecule has 2 fully saturated rings. The van der Waals surface area contributed by atoms with E-state index in [1.165, 1.54) is 12.1 Å². The molecule has 3 aromatic rings. The first-order valence-electron chi connectivity index (χ1n) is 12.6. The lowest BCUT2D eigenvalue weighted by Gasteiger charge is -2.40. The summed E-state index contributed by atoms with van der Waals surface area (Å²) < 4.78 is 5.61. The molecule has 34 heavy (non-hydrogen) atoms. The van der Waals surface area contributed by atoms with Crippen LogP contribution in [0.15, 0.2) is 30.5 Å². The zero-order chi connectivity index (χ0) is 23.7. The fraction of sp³-hybridized carbons (Fsp3) is 0.556. The van der Waals surface area contributed by atoms with Crippen molar-refractivity contribution in [2.24, 2.45) is 5.92 Å². The first-order valence-corrected chi connectivity index (χ1v) is 13.0. The number of hydrogen-bond donors (Lipinski definition) is 2. The van der Waals surface area contributed by atoms with E-state index >= 15 is 0 Å². The molecule has 7 heteroatoms. The molecule has 5 rings (SSSR count). The monoisotopic (exact) mass is 481 g/mol. The summed E-state index contributed by atoms with van der Waals surface area (Å²) in [5.74, 6) is 1.90. The molecule has 5 heterocycles. The Labute approximate surface area is 207 Å². The SMILES string of the molecule is CC(C)(C)N1CCC(c2cc3c(-c4nc(NCC5CCCOC5)ccc4Cl)ccnc3[nH]2)CC1. The van der Waals surface area contributed by atoms with E-state index in [1.54, 1.807) is 0 Å². The molecular formula is C27H36ClN5O. The number of aromatic nitrogens is 3. The highest BCUT2D eigenvalue weighted by Crippen LogP contribution is 2.36. The minimum atomic E-state index is 0.228. The third-order valence-electron chi connectivity index (χ3n) is 7.36. The number of nitrogens with zero attached hydrogens (tertiary/aromatic N) is 3. The van der Waals surface area contributed by atoms with Gasteiger partial charge in [-0.3, -0.25) is 4.90 Å². The molecule has 3 aromatic heterocycles. The van der Waals surface area contributed by atoms with Crippen LogP contribution in [0.3, 0.4) is 0 Å². The van der Waals surface area contributed by atoms with Crippen LogP contribution in [0, 0.1) is 5.92 Å². The van der Waals surface area contributed by atoms with Crippen molar-refractivity contribution in [3.8, 4) is 11.3 Å². The van der Waals surface area contributed by atoms with E-state index in [4.69, 9.17) is 21.3 Å². The molecule has 2 N–H and O–H groups in total. The Hall–Kier alpha value is -2.15. The molecule has 0 spiro atoms. The number of anilines is 1. The molecule has 0 radical (unpaired) electrons. The van der Waals surface area contributed by atoms with Crippen LogP contribution >= 0.6 is 11.6 Å². The summed E-state index contributed by atoms with van der Waals surface area (Å²) >= 11 is 6.65. The number of ether oxygens (including phenoxy) is 1.